The van der Waals surface area contributed by atoms with Crippen molar-refractivity contribution < 1.29 is 0 Å². The van der Waals surface area contributed by atoms with Crippen LogP contribution in [0.15, 0.2) is 18.5 Å². The summed E-state index contributed by atoms with van der Waals surface area (Å²) in [6.45, 7) is 2.15. The Kier molecular flexibility index (Phi) is 3.64. The van der Waals surface area contributed by atoms with E-state index in [-0.39, 0.29) is 5.84 Å². The van der Waals surface area contributed by atoms with Gasteiger partial charge in [0.15, 0.2) is 0 Å². The van der Waals surface area contributed by atoms with Gasteiger partial charge >= 0.3 is 0 Å². The van der Waals surface area contributed by atoms with Gasteiger partial charge in [-0.3, -0.25) is 10.4 Å². The Morgan fingerprint density at radius 2 is 1.85 bits per heavy atom. The van der Waals surface area contributed by atoms with Crippen molar-refractivity contribution in [3.63, 3.8) is 0 Å². The Hall–Kier alpha value is -1.58. The molecule has 0 unspecified atom stereocenters. The van der Waals surface area contributed by atoms with E-state index in [4.69, 9.17) is 11.1 Å². The summed E-state index contributed by atoms with van der Waals surface area (Å²) in [5.41, 5.74) is 8.14. The van der Waals surface area contributed by atoms with Crippen molar-refractivity contribution in [3.05, 3.63) is 24.0 Å². The van der Waals surface area contributed by atoms with Crippen LogP contribution in [0, 0.1) is 10.8 Å². The summed E-state index contributed by atoms with van der Waals surface area (Å²) in [7, 11) is 0. The van der Waals surface area contributed by atoms with E-state index in [2.05, 4.69) is 9.88 Å². The number of rotatable bonds is 2. The van der Waals surface area contributed by atoms with Crippen LogP contribution in [0.25, 0.3) is 0 Å². The van der Waals surface area contributed by atoms with E-state index < -0.39 is 0 Å². The smallest absolute Gasteiger partial charge is 0.125 e. The highest BCUT2D eigenvalue weighted by atomic mass is 15.1. The summed E-state index contributed by atoms with van der Waals surface area (Å²) in [6, 6.07) is 1.85. The summed E-state index contributed by atoms with van der Waals surface area (Å²) < 4.78 is 0. The lowest BCUT2D eigenvalue weighted by molar-refractivity contribution is 0.144. The predicted molar refractivity (Wildman–Crippen MR) is 82.2 cm³/mol. The van der Waals surface area contributed by atoms with E-state index >= 15 is 0 Å². The highest BCUT2D eigenvalue weighted by molar-refractivity contribution is 6.00. The van der Waals surface area contributed by atoms with Crippen molar-refractivity contribution in [2.24, 2.45) is 11.1 Å². The topological polar surface area (TPSA) is 66.0 Å². The van der Waals surface area contributed by atoms with Crippen LogP contribution in [0.1, 0.15) is 50.5 Å². The molecule has 0 bridgehead atoms. The first-order valence-corrected chi connectivity index (χ1v) is 7.74. The molecule has 4 nitrogen and oxygen atoms in total. The van der Waals surface area contributed by atoms with Crippen molar-refractivity contribution in [2.75, 3.05) is 18.0 Å². The third kappa shape index (κ3) is 2.51. The van der Waals surface area contributed by atoms with Gasteiger partial charge in [-0.15, -0.1) is 0 Å². The van der Waals surface area contributed by atoms with Crippen LogP contribution in [0.2, 0.25) is 0 Å². The molecule has 1 aromatic rings. The molecular formula is C16H24N4. The lowest BCUT2D eigenvalue weighted by Crippen LogP contribution is -2.41. The Morgan fingerprint density at radius 3 is 2.50 bits per heavy atom. The first-order chi connectivity index (χ1) is 9.70. The number of amidine groups is 1. The summed E-state index contributed by atoms with van der Waals surface area (Å²) in [5, 5.41) is 7.71. The van der Waals surface area contributed by atoms with Gasteiger partial charge in [-0.05, 0) is 37.2 Å². The van der Waals surface area contributed by atoms with Crippen LogP contribution < -0.4 is 10.6 Å². The number of anilines is 1. The van der Waals surface area contributed by atoms with Crippen LogP contribution in [-0.4, -0.2) is 23.9 Å². The van der Waals surface area contributed by atoms with E-state index in [0.29, 0.717) is 5.41 Å². The second-order valence-electron chi connectivity index (χ2n) is 6.35. The fourth-order valence-electron chi connectivity index (χ4n) is 3.89. The van der Waals surface area contributed by atoms with E-state index in [1.807, 2.05) is 12.3 Å². The minimum Gasteiger partial charge on any atom is -0.384 e. The Bertz CT molecular complexity index is 481. The minimum absolute atomic E-state index is 0.139. The molecule has 1 aliphatic carbocycles. The molecule has 1 saturated carbocycles. The molecule has 4 heteroatoms. The Labute approximate surface area is 120 Å². The van der Waals surface area contributed by atoms with Crippen molar-refractivity contribution in [3.8, 4) is 0 Å². The predicted octanol–water partition coefficient (Wildman–Crippen LogP) is 2.92. The van der Waals surface area contributed by atoms with Gasteiger partial charge < -0.3 is 10.6 Å². The van der Waals surface area contributed by atoms with E-state index in [1.54, 1.807) is 6.20 Å². The molecule has 108 valence electrons. The van der Waals surface area contributed by atoms with Crippen molar-refractivity contribution >= 4 is 11.5 Å². The zero-order valence-electron chi connectivity index (χ0n) is 12.1. The van der Waals surface area contributed by atoms with Crippen LogP contribution in [0.4, 0.5) is 5.69 Å². The van der Waals surface area contributed by atoms with Gasteiger partial charge in [0.25, 0.3) is 0 Å². The third-order valence-corrected chi connectivity index (χ3v) is 5.17. The zero-order valence-corrected chi connectivity index (χ0v) is 12.1. The molecule has 2 aliphatic rings. The standard InChI is InChI=1S/C16H24N4/c17-15(18)13-4-9-19-12-14(13)20-10-7-16(8-11-20)5-2-1-3-6-16/h4,9,12H,1-3,5-8,10-11H2,(H3,17,18). The maximum atomic E-state index is 7.71. The number of piperidine rings is 1. The largest absolute Gasteiger partial charge is 0.384 e. The average Bonchev–Trinajstić information content (AvgIpc) is 2.49. The van der Waals surface area contributed by atoms with Gasteiger partial charge in [0.2, 0.25) is 0 Å². The number of pyridine rings is 1. The molecule has 3 rings (SSSR count). The molecule has 3 N–H and O–H groups in total. The number of aromatic nitrogens is 1. The van der Waals surface area contributed by atoms with Crippen LogP contribution >= 0.6 is 0 Å². The van der Waals surface area contributed by atoms with Gasteiger partial charge in [0.1, 0.15) is 5.84 Å². The summed E-state index contributed by atoms with van der Waals surface area (Å²) in [6.07, 6.45) is 13.2. The molecular weight excluding hydrogens is 248 g/mol. The van der Waals surface area contributed by atoms with Gasteiger partial charge in [-0.25, -0.2) is 0 Å². The fourth-order valence-corrected chi connectivity index (χ4v) is 3.89. The molecule has 20 heavy (non-hydrogen) atoms. The summed E-state index contributed by atoms with van der Waals surface area (Å²) in [4.78, 5) is 6.58. The average molecular weight is 272 g/mol. The lowest BCUT2D eigenvalue weighted by atomic mass is 9.68. The number of nitrogens with two attached hydrogens (primary N) is 1. The molecule has 2 heterocycles. The van der Waals surface area contributed by atoms with Crippen molar-refractivity contribution in [1.29, 1.82) is 5.41 Å². The van der Waals surface area contributed by atoms with Crippen LogP contribution in [-0.2, 0) is 0 Å². The highest BCUT2D eigenvalue weighted by Gasteiger charge is 2.35. The number of nitrogens with zero attached hydrogens (tertiary/aromatic N) is 2. The maximum Gasteiger partial charge on any atom is 0.125 e. The summed E-state index contributed by atoms with van der Waals surface area (Å²) in [5.74, 6) is 0.139. The van der Waals surface area contributed by atoms with E-state index in [1.165, 1.54) is 44.9 Å². The van der Waals surface area contributed by atoms with E-state index in [9.17, 15) is 0 Å². The third-order valence-electron chi connectivity index (χ3n) is 5.17. The van der Waals surface area contributed by atoms with Crippen molar-refractivity contribution in [1.82, 2.24) is 4.98 Å². The number of hydrogen-bond acceptors (Lipinski definition) is 3. The molecule has 0 aromatic carbocycles. The fraction of sp³-hybridized carbons (Fsp3) is 0.625. The second-order valence-corrected chi connectivity index (χ2v) is 6.35. The van der Waals surface area contributed by atoms with Gasteiger partial charge in [0.05, 0.1) is 11.9 Å². The number of nitrogen functional groups attached to an aromatic ring is 1. The van der Waals surface area contributed by atoms with Gasteiger partial charge in [0, 0.05) is 24.8 Å². The maximum absolute atomic E-state index is 7.71. The second kappa shape index (κ2) is 5.43. The Balaban J connectivity index is 1.73. The molecule has 2 fully saturated rings. The molecule has 0 radical (unpaired) electrons. The molecule has 1 spiro atoms. The normalized spacial score (nSPS) is 21.9. The molecule has 1 aromatic heterocycles. The molecule has 1 saturated heterocycles. The first-order valence-electron chi connectivity index (χ1n) is 7.74. The van der Waals surface area contributed by atoms with Crippen LogP contribution in [0.3, 0.4) is 0 Å². The number of nitrogens with one attached hydrogen (secondary N) is 1. The highest BCUT2D eigenvalue weighted by Crippen LogP contribution is 2.45. The van der Waals surface area contributed by atoms with Crippen LogP contribution in [0.5, 0.6) is 0 Å². The Morgan fingerprint density at radius 1 is 1.15 bits per heavy atom. The zero-order chi connectivity index (χ0) is 14.0. The van der Waals surface area contributed by atoms with Gasteiger partial charge in [-0.2, -0.15) is 0 Å². The van der Waals surface area contributed by atoms with E-state index in [0.717, 1.165) is 24.3 Å². The summed E-state index contributed by atoms with van der Waals surface area (Å²) >= 11 is 0. The lowest BCUT2D eigenvalue weighted by Gasteiger charge is -2.45. The molecule has 0 atom stereocenters. The van der Waals surface area contributed by atoms with Crippen molar-refractivity contribution in [2.45, 2.75) is 44.9 Å². The molecule has 1 aliphatic heterocycles. The number of hydrogen-bond donors (Lipinski definition) is 2. The quantitative estimate of drug-likeness (QED) is 0.642. The first kappa shape index (κ1) is 13.4. The van der Waals surface area contributed by atoms with Gasteiger partial charge in [-0.1, -0.05) is 19.3 Å². The minimum atomic E-state index is 0.139. The monoisotopic (exact) mass is 272 g/mol. The SMILES string of the molecule is N=C(N)c1ccncc1N1CCC2(CCCCC2)CC1. The molecule has 0 amide bonds.